The topological polar surface area (TPSA) is 258 Å². The monoisotopic (exact) mass is 1460 g/mol. The number of methoxy groups -OCH3 is 4. The van der Waals surface area contributed by atoms with E-state index in [4.69, 9.17) is 130 Å². The molecule has 1 aliphatic rings. The van der Waals surface area contributed by atoms with E-state index >= 15 is 0 Å². The smallest absolute Gasteiger partial charge is 0.416 e. The van der Waals surface area contributed by atoms with Gasteiger partial charge < -0.3 is 130 Å². The zero-order valence-corrected chi connectivity index (χ0v) is 66.3. The summed E-state index contributed by atoms with van der Waals surface area (Å²) in [5.41, 5.74) is 0. The van der Waals surface area contributed by atoms with Crippen molar-refractivity contribution in [3.05, 3.63) is 0 Å². The Balaban J connectivity index is 0. The van der Waals surface area contributed by atoms with Gasteiger partial charge in [0.1, 0.15) is 0 Å². The molecule has 0 bridgehead atoms. The largest absolute Gasteiger partial charge is 1.00 e. The summed E-state index contributed by atoms with van der Waals surface area (Å²) in [6.07, 6.45) is 2.95. The predicted molar refractivity (Wildman–Crippen MR) is 364 cm³/mol. The molecular weight excluding hydrogens is 1330 g/mol. The third kappa shape index (κ3) is 66.7. The molecule has 1 rings (SSSR count). The standard InChI is InChI=1S/C60H128O28Si4.BH4.K/c1-61-17-21-69-33-37-77-49-53-81-45-41-73-29-25-65-13-9-57-89(5)85-90(6,58-10-14-66-26-30-74-42-46-82-54-50-78-38-34-70-22-18-62-2)87-92(8,60-12-16-68-28-32-76-44-48-84-56-52-80-40-36-72-24-20-64-4)88-91(7,86-89)59-11-15-67-27-31-75-43-47-83-55-51-79-39-35-71-23-19-63-3;;/h9-60H2,1-8H3;1H4;/q;-1;+1. The van der Waals surface area contributed by atoms with Crippen molar-refractivity contribution in [1.29, 1.82) is 0 Å². The first-order chi connectivity index (χ1) is 45.1. The van der Waals surface area contributed by atoms with Crippen LogP contribution in [0.15, 0.2) is 0 Å². The van der Waals surface area contributed by atoms with Crippen molar-refractivity contribution < 1.29 is 182 Å². The van der Waals surface area contributed by atoms with Crippen LogP contribution in [0, 0.1) is 0 Å². The zero-order chi connectivity index (χ0) is 66.6. The van der Waals surface area contributed by atoms with Gasteiger partial charge >= 0.3 is 85.6 Å². The molecule has 0 saturated carbocycles. The van der Waals surface area contributed by atoms with Crippen molar-refractivity contribution in [3.63, 3.8) is 0 Å². The molecule has 0 aromatic rings. The first-order valence-corrected chi connectivity index (χ1v) is 43.5. The molecule has 1 saturated heterocycles. The normalized spacial score (nSPS) is 19.1. The minimum Gasteiger partial charge on any atom is -0.416 e. The average molecular weight is 1460 g/mol. The molecular formula is C60H132BKO28Si4. The Labute approximate surface area is 614 Å². The number of rotatable bonds is 76. The van der Waals surface area contributed by atoms with E-state index in [2.05, 4.69) is 26.2 Å². The van der Waals surface area contributed by atoms with E-state index in [9.17, 15) is 0 Å². The van der Waals surface area contributed by atoms with Gasteiger partial charge in [-0.25, -0.2) is 0 Å². The summed E-state index contributed by atoms with van der Waals surface area (Å²) in [4.78, 5) is 0. The maximum Gasteiger partial charge on any atom is 1.00 e. The van der Waals surface area contributed by atoms with Crippen molar-refractivity contribution >= 4 is 42.7 Å². The van der Waals surface area contributed by atoms with Crippen LogP contribution in [0.4, 0.5) is 0 Å². The van der Waals surface area contributed by atoms with E-state index < -0.39 is 34.2 Å². The molecule has 0 radical (unpaired) electrons. The second-order valence-corrected chi connectivity index (χ2v) is 35.9. The SMILES string of the molecule is COCCOCCOCCOCCOCCOCCC[Si]1(C)O[Si](C)(CCCOCCOCCOCCOCCOCCOC)O[Si](C)(CCCOCCOCCOCCOCCOCCOC)O[Si](C)(CCCOCCOCCOCCOCCOCCOC)O1.[BH4-].[K+]. The maximum absolute atomic E-state index is 7.45. The van der Waals surface area contributed by atoms with E-state index in [1.54, 1.807) is 28.4 Å². The van der Waals surface area contributed by atoms with E-state index in [1.807, 2.05) is 0 Å². The van der Waals surface area contributed by atoms with Crippen molar-refractivity contribution in [2.24, 2.45) is 0 Å². The molecule has 0 unspecified atom stereocenters. The summed E-state index contributed by atoms with van der Waals surface area (Å²) >= 11 is 0. The summed E-state index contributed by atoms with van der Waals surface area (Å²) in [5.74, 6) is 0. The second kappa shape index (κ2) is 74.2. The molecule has 94 heavy (non-hydrogen) atoms. The van der Waals surface area contributed by atoms with Crippen molar-refractivity contribution in [2.45, 2.75) is 76.0 Å². The Morgan fingerprint density at radius 3 is 0.372 bits per heavy atom. The third-order valence-corrected chi connectivity index (χ3v) is 31.9. The predicted octanol–water partition coefficient (Wildman–Crippen LogP) is 0.385. The van der Waals surface area contributed by atoms with Crippen LogP contribution in [0.5, 0.6) is 0 Å². The second-order valence-electron chi connectivity index (χ2n) is 21.6. The molecule has 1 aliphatic heterocycles. The van der Waals surface area contributed by atoms with Gasteiger partial charge in [0.15, 0.2) is 0 Å². The summed E-state index contributed by atoms with van der Waals surface area (Å²) in [6, 6.07) is 2.80. The van der Waals surface area contributed by atoms with Gasteiger partial charge in [0.05, 0.1) is 264 Å². The fourth-order valence-corrected chi connectivity index (χ4v) is 32.0. The fraction of sp³-hybridized carbons (Fsp3) is 1.00. The molecule has 28 nitrogen and oxygen atoms in total. The molecule has 34 heteroatoms. The number of hydrogen-bond acceptors (Lipinski definition) is 28. The molecule has 0 amide bonds. The van der Waals surface area contributed by atoms with Crippen molar-refractivity contribution in [2.75, 3.05) is 319 Å². The van der Waals surface area contributed by atoms with Crippen LogP contribution in [-0.4, -0.2) is 362 Å². The Kier molecular flexibility index (Phi) is 76.9. The first kappa shape index (κ1) is 97.5. The van der Waals surface area contributed by atoms with E-state index in [0.29, 0.717) is 315 Å². The van der Waals surface area contributed by atoms with Crippen LogP contribution in [0.2, 0.25) is 50.4 Å². The number of ether oxygens (including phenoxy) is 24. The van der Waals surface area contributed by atoms with Gasteiger partial charge in [-0.2, -0.15) is 0 Å². The van der Waals surface area contributed by atoms with Crippen molar-refractivity contribution in [3.8, 4) is 0 Å². The summed E-state index contributed by atoms with van der Waals surface area (Å²) in [6.45, 7) is 30.8. The molecule has 0 atom stereocenters. The van der Waals surface area contributed by atoms with Crippen LogP contribution in [0.3, 0.4) is 0 Å². The van der Waals surface area contributed by atoms with Gasteiger partial charge in [-0.3, -0.25) is 0 Å². The van der Waals surface area contributed by atoms with E-state index in [0.717, 1.165) is 25.7 Å². The minimum absolute atomic E-state index is 0. The van der Waals surface area contributed by atoms with Crippen LogP contribution in [0.1, 0.15) is 25.7 Å². The minimum atomic E-state index is -2.97. The maximum atomic E-state index is 7.45. The van der Waals surface area contributed by atoms with Gasteiger partial charge in [0.2, 0.25) is 0 Å². The Morgan fingerprint density at radius 2 is 0.266 bits per heavy atom. The molecule has 560 valence electrons. The summed E-state index contributed by atoms with van der Waals surface area (Å²) < 4.78 is 164. The Bertz CT molecular complexity index is 1290. The molecule has 1 fully saturated rings. The molecule has 0 spiro atoms. The zero-order valence-electron chi connectivity index (χ0n) is 59.2. The molecule has 1 heterocycles. The fourth-order valence-electron chi connectivity index (χ4n) is 8.80. The number of hydrogen-bond donors (Lipinski definition) is 0. The van der Waals surface area contributed by atoms with E-state index in [-0.39, 0.29) is 59.8 Å². The van der Waals surface area contributed by atoms with Crippen LogP contribution < -0.4 is 51.4 Å². The van der Waals surface area contributed by atoms with Crippen LogP contribution >= 0.6 is 0 Å². The summed E-state index contributed by atoms with van der Waals surface area (Å²) in [5, 5.41) is 0. The third-order valence-electron chi connectivity index (χ3n) is 13.1. The average Bonchev–Trinajstić information content (AvgIpc) is 0.772. The Hall–Kier alpha value is 1.45. The summed E-state index contributed by atoms with van der Waals surface area (Å²) in [7, 11) is -5.27. The molecule has 0 N–H and O–H groups in total. The first-order valence-electron chi connectivity index (χ1n) is 33.4. The quantitative estimate of drug-likeness (QED) is 0.0589. The van der Waals surface area contributed by atoms with Gasteiger partial charge in [-0.15, -0.1) is 0 Å². The van der Waals surface area contributed by atoms with Crippen molar-refractivity contribution in [1.82, 2.24) is 0 Å². The van der Waals surface area contributed by atoms with Gasteiger partial charge in [0.25, 0.3) is 0 Å². The molecule has 0 aliphatic carbocycles. The molecule has 0 aromatic carbocycles. The molecule has 0 aromatic heterocycles. The van der Waals surface area contributed by atoms with Gasteiger partial charge in [0, 0.05) is 54.9 Å². The van der Waals surface area contributed by atoms with Crippen LogP contribution in [-0.2, 0) is 130 Å². The van der Waals surface area contributed by atoms with Gasteiger partial charge in [-0.1, -0.05) is 8.41 Å². The Morgan fingerprint density at radius 1 is 0.170 bits per heavy atom. The van der Waals surface area contributed by atoms with Gasteiger partial charge in [-0.05, 0) is 76.0 Å². The van der Waals surface area contributed by atoms with Crippen LogP contribution in [0.25, 0.3) is 0 Å². The van der Waals surface area contributed by atoms with E-state index in [1.165, 1.54) is 0 Å².